The second-order valence-electron chi connectivity index (χ2n) is 6.32. The Morgan fingerprint density at radius 1 is 1.50 bits per heavy atom. The fourth-order valence-electron chi connectivity index (χ4n) is 2.64. The lowest BCUT2D eigenvalue weighted by atomic mass is 10.1. The number of nitrogens with zero attached hydrogens (tertiary/aromatic N) is 2. The van der Waals surface area contributed by atoms with E-state index in [-0.39, 0.29) is 24.3 Å². The molecule has 1 aliphatic heterocycles. The highest BCUT2D eigenvalue weighted by Crippen LogP contribution is 2.22. The van der Waals surface area contributed by atoms with Crippen molar-refractivity contribution in [3.05, 3.63) is 34.6 Å². The molecule has 1 atom stereocenters. The summed E-state index contributed by atoms with van der Waals surface area (Å²) in [5.41, 5.74) is 0.738. The zero-order valence-electron chi connectivity index (χ0n) is 14.2. The molecule has 1 aromatic rings. The first-order chi connectivity index (χ1) is 11.3. The fraction of sp³-hybridized carbons (Fsp3) is 0.529. The Kier molecular flexibility index (Phi) is 6.18. The lowest BCUT2D eigenvalue weighted by molar-refractivity contribution is -0.139. The number of piperazine rings is 1. The maximum atomic E-state index is 13.2. The minimum Gasteiger partial charge on any atom is -0.353 e. The number of amides is 2. The van der Waals surface area contributed by atoms with Gasteiger partial charge in [0.2, 0.25) is 11.8 Å². The SMILES string of the molecule is CC(C)N(C)C(=O)C[C@@H]1C(=O)NCCN1Cc1ccc(F)cc1Cl. The third kappa shape index (κ3) is 4.45. The Hall–Kier alpha value is -1.66. The van der Waals surface area contributed by atoms with Crippen molar-refractivity contribution in [3.63, 3.8) is 0 Å². The molecule has 24 heavy (non-hydrogen) atoms. The van der Waals surface area contributed by atoms with E-state index in [1.807, 2.05) is 18.7 Å². The van der Waals surface area contributed by atoms with Gasteiger partial charge >= 0.3 is 0 Å². The van der Waals surface area contributed by atoms with Gasteiger partial charge in [-0.2, -0.15) is 0 Å². The normalized spacial score (nSPS) is 18.6. The summed E-state index contributed by atoms with van der Waals surface area (Å²) < 4.78 is 13.2. The zero-order chi connectivity index (χ0) is 17.9. The third-order valence-corrected chi connectivity index (χ3v) is 4.72. The smallest absolute Gasteiger partial charge is 0.237 e. The van der Waals surface area contributed by atoms with Gasteiger partial charge in [-0.05, 0) is 31.5 Å². The van der Waals surface area contributed by atoms with Crippen LogP contribution in [0.5, 0.6) is 0 Å². The number of halogens is 2. The van der Waals surface area contributed by atoms with Crippen LogP contribution in [0.1, 0.15) is 25.8 Å². The first-order valence-corrected chi connectivity index (χ1v) is 8.38. The monoisotopic (exact) mass is 355 g/mol. The molecule has 0 bridgehead atoms. The Morgan fingerprint density at radius 2 is 2.21 bits per heavy atom. The van der Waals surface area contributed by atoms with E-state index in [0.717, 1.165) is 5.56 Å². The van der Waals surface area contributed by atoms with Gasteiger partial charge in [-0.3, -0.25) is 14.5 Å². The highest BCUT2D eigenvalue weighted by molar-refractivity contribution is 6.31. The molecule has 0 aromatic heterocycles. The summed E-state index contributed by atoms with van der Waals surface area (Å²) in [5.74, 6) is -0.641. The number of benzene rings is 1. The third-order valence-electron chi connectivity index (χ3n) is 4.37. The van der Waals surface area contributed by atoms with Crippen LogP contribution in [0, 0.1) is 5.82 Å². The molecule has 0 unspecified atom stereocenters. The quantitative estimate of drug-likeness (QED) is 0.879. The largest absolute Gasteiger partial charge is 0.353 e. The van der Waals surface area contributed by atoms with Gasteiger partial charge in [-0.25, -0.2) is 4.39 Å². The van der Waals surface area contributed by atoms with Gasteiger partial charge in [0.25, 0.3) is 0 Å². The van der Waals surface area contributed by atoms with Crippen LogP contribution < -0.4 is 5.32 Å². The van der Waals surface area contributed by atoms with Gasteiger partial charge in [-0.1, -0.05) is 17.7 Å². The number of hydrogen-bond donors (Lipinski definition) is 1. The summed E-state index contributed by atoms with van der Waals surface area (Å²) in [6, 6.07) is 3.74. The Balaban J connectivity index is 2.13. The summed E-state index contributed by atoms with van der Waals surface area (Å²) >= 11 is 6.09. The molecule has 1 fully saturated rings. The summed E-state index contributed by atoms with van der Waals surface area (Å²) in [6.07, 6.45) is 0.110. The van der Waals surface area contributed by atoms with Crippen LogP contribution in [0.25, 0.3) is 0 Å². The standard InChI is InChI=1S/C17H23ClFN3O2/c1-11(2)21(3)16(23)9-15-17(24)20-6-7-22(15)10-12-4-5-13(19)8-14(12)18/h4-5,8,11,15H,6-7,9-10H2,1-3H3,(H,20,24)/t15-/m1/s1. The molecular weight excluding hydrogens is 333 g/mol. The maximum absolute atomic E-state index is 13.2. The number of carbonyl (C=O) groups excluding carboxylic acids is 2. The van der Waals surface area contributed by atoms with E-state index in [1.165, 1.54) is 12.1 Å². The molecule has 132 valence electrons. The van der Waals surface area contributed by atoms with E-state index in [1.54, 1.807) is 18.0 Å². The van der Waals surface area contributed by atoms with E-state index >= 15 is 0 Å². The minimum absolute atomic E-state index is 0.0733. The predicted molar refractivity (Wildman–Crippen MR) is 91.1 cm³/mol. The molecule has 2 amide bonds. The highest BCUT2D eigenvalue weighted by Gasteiger charge is 2.33. The van der Waals surface area contributed by atoms with Crippen molar-refractivity contribution in [2.24, 2.45) is 0 Å². The van der Waals surface area contributed by atoms with Gasteiger partial charge in [0.05, 0.1) is 12.5 Å². The molecule has 1 aromatic carbocycles. The Morgan fingerprint density at radius 3 is 2.83 bits per heavy atom. The fourth-order valence-corrected chi connectivity index (χ4v) is 2.87. The van der Waals surface area contributed by atoms with Crippen LogP contribution in [-0.2, 0) is 16.1 Å². The van der Waals surface area contributed by atoms with Crippen molar-refractivity contribution in [1.82, 2.24) is 15.1 Å². The Bertz CT molecular complexity index is 624. The molecule has 7 heteroatoms. The van der Waals surface area contributed by atoms with E-state index in [2.05, 4.69) is 5.32 Å². The average molecular weight is 356 g/mol. The second kappa shape index (κ2) is 7.94. The molecule has 2 rings (SSSR count). The van der Waals surface area contributed by atoms with Crippen LogP contribution in [0.15, 0.2) is 18.2 Å². The molecule has 1 N–H and O–H groups in total. The van der Waals surface area contributed by atoms with Crippen molar-refractivity contribution >= 4 is 23.4 Å². The van der Waals surface area contributed by atoms with E-state index < -0.39 is 11.9 Å². The first kappa shape index (κ1) is 18.7. The molecule has 1 heterocycles. The van der Waals surface area contributed by atoms with Gasteiger partial charge in [0, 0.05) is 37.7 Å². The number of rotatable bonds is 5. The molecule has 0 saturated carbocycles. The van der Waals surface area contributed by atoms with Gasteiger partial charge < -0.3 is 10.2 Å². The molecule has 0 radical (unpaired) electrons. The molecule has 0 aliphatic carbocycles. The Labute approximate surface area is 146 Å². The topological polar surface area (TPSA) is 52.7 Å². The van der Waals surface area contributed by atoms with Crippen LogP contribution >= 0.6 is 11.6 Å². The average Bonchev–Trinajstić information content (AvgIpc) is 2.52. The predicted octanol–water partition coefficient (Wildman–Crippen LogP) is 2.04. The van der Waals surface area contributed by atoms with Crippen molar-refractivity contribution in [1.29, 1.82) is 0 Å². The van der Waals surface area contributed by atoms with Crippen LogP contribution in [0.4, 0.5) is 4.39 Å². The van der Waals surface area contributed by atoms with Crippen LogP contribution in [0.3, 0.4) is 0 Å². The summed E-state index contributed by atoms with van der Waals surface area (Å²) in [5, 5.41) is 3.13. The number of nitrogens with one attached hydrogen (secondary N) is 1. The van der Waals surface area contributed by atoms with Crippen molar-refractivity contribution in [3.8, 4) is 0 Å². The molecular formula is C17H23ClFN3O2. The maximum Gasteiger partial charge on any atom is 0.237 e. The van der Waals surface area contributed by atoms with Crippen molar-refractivity contribution < 1.29 is 14.0 Å². The zero-order valence-corrected chi connectivity index (χ0v) is 14.9. The van der Waals surface area contributed by atoms with Crippen molar-refractivity contribution in [2.75, 3.05) is 20.1 Å². The lowest BCUT2D eigenvalue weighted by Gasteiger charge is -2.36. The van der Waals surface area contributed by atoms with Crippen molar-refractivity contribution in [2.45, 2.75) is 38.9 Å². The van der Waals surface area contributed by atoms with Crippen LogP contribution in [-0.4, -0.2) is 53.8 Å². The van der Waals surface area contributed by atoms with E-state index in [0.29, 0.717) is 24.7 Å². The molecule has 1 saturated heterocycles. The minimum atomic E-state index is -0.548. The van der Waals surface area contributed by atoms with Crippen LogP contribution in [0.2, 0.25) is 5.02 Å². The van der Waals surface area contributed by atoms with E-state index in [4.69, 9.17) is 11.6 Å². The molecule has 5 nitrogen and oxygen atoms in total. The summed E-state index contributed by atoms with van der Waals surface area (Å²) in [6.45, 7) is 5.38. The first-order valence-electron chi connectivity index (χ1n) is 8.01. The highest BCUT2D eigenvalue weighted by atomic mass is 35.5. The molecule has 0 spiro atoms. The summed E-state index contributed by atoms with van der Waals surface area (Å²) in [7, 11) is 1.73. The van der Waals surface area contributed by atoms with E-state index in [9.17, 15) is 14.0 Å². The lowest BCUT2D eigenvalue weighted by Crippen LogP contribution is -2.56. The number of carbonyl (C=O) groups is 2. The molecule has 1 aliphatic rings. The second-order valence-corrected chi connectivity index (χ2v) is 6.72. The van der Waals surface area contributed by atoms with Gasteiger partial charge in [0.1, 0.15) is 5.82 Å². The van der Waals surface area contributed by atoms with Gasteiger partial charge in [-0.15, -0.1) is 0 Å². The van der Waals surface area contributed by atoms with Gasteiger partial charge in [0.15, 0.2) is 0 Å². The number of hydrogen-bond acceptors (Lipinski definition) is 3. The summed E-state index contributed by atoms with van der Waals surface area (Å²) in [4.78, 5) is 28.1.